The molecule has 0 saturated heterocycles. The molecule has 0 amide bonds. The fraction of sp³-hybridized carbons (Fsp3) is 0.188. The van der Waals surface area contributed by atoms with Crippen LogP contribution in [0.4, 0.5) is 11.4 Å². The Morgan fingerprint density at radius 1 is 1.04 bits per heavy atom. The van der Waals surface area contributed by atoms with Gasteiger partial charge in [0.1, 0.15) is 10.6 Å². The van der Waals surface area contributed by atoms with Gasteiger partial charge in [-0.2, -0.15) is 0 Å². The minimum absolute atomic E-state index is 0.0140. The number of benzene rings is 2. The van der Waals surface area contributed by atoms with Crippen molar-refractivity contribution in [2.24, 2.45) is 0 Å². The summed E-state index contributed by atoms with van der Waals surface area (Å²) in [5.41, 5.74) is 12.0. The molecular formula is C16H18N2O5S. The molecule has 0 unspecified atom stereocenters. The van der Waals surface area contributed by atoms with Crippen molar-refractivity contribution in [3.8, 4) is 5.75 Å². The molecule has 0 bridgehead atoms. The fourth-order valence-electron chi connectivity index (χ4n) is 1.97. The number of rotatable bonds is 6. The number of hydrogen-bond donors (Lipinski definition) is 2. The van der Waals surface area contributed by atoms with Gasteiger partial charge in [0.2, 0.25) is 9.84 Å². The number of nitrogen functional groups attached to an aromatic ring is 2. The van der Waals surface area contributed by atoms with Gasteiger partial charge in [0.05, 0.1) is 11.5 Å². The Hall–Kier alpha value is -2.74. The summed E-state index contributed by atoms with van der Waals surface area (Å²) < 4.78 is 35.6. The van der Waals surface area contributed by atoms with Crippen LogP contribution in [-0.4, -0.2) is 27.6 Å². The van der Waals surface area contributed by atoms with Gasteiger partial charge in [-0.15, -0.1) is 0 Å². The molecule has 0 aliphatic carbocycles. The minimum atomic E-state index is -3.85. The molecular weight excluding hydrogens is 332 g/mol. The van der Waals surface area contributed by atoms with E-state index in [0.717, 1.165) is 0 Å². The van der Waals surface area contributed by atoms with Crippen LogP contribution in [0.1, 0.15) is 6.92 Å². The minimum Gasteiger partial charge on any atom is -0.480 e. The molecule has 0 heterocycles. The first kappa shape index (κ1) is 17.6. The highest BCUT2D eigenvalue weighted by Crippen LogP contribution is 2.31. The molecule has 4 N–H and O–H groups in total. The summed E-state index contributed by atoms with van der Waals surface area (Å²) >= 11 is 0. The average molecular weight is 350 g/mol. The summed E-state index contributed by atoms with van der Waals surface area (Å²) in [4.78, 5) is 11.4. The maximum atomic E-state index is 12.8. The lowest BCUT2D eigenvalue weighted by molar-refractivity contribution is -0.145. The van der Waals surface area contributed by atoms with Crippen molar-refractivity contribution in [3.63, 3.8) is 0 Å². The second-order valence-electron chi connectivity index (χ2n) is 4.87. The first-order valence-corrected chi connectivity index (χ1v) is 8.61. The number of carbonyl (C=O) groups excluding carboxylic acids is 1. The first-order valence-electron chi connectivity index (χ1n) is 7.13. The molecule has 8 heteroatoms. The predicted octanol–water partition coefficient (Wildman–Crippen LogP) is 1.63. The van der Waals surface area contributed by atoms with Crippen molar-refractivity contribution in [1.29, 1.82) is 0 Å². The van der Waals surface area contributed by atoms with Crippen molar-refractivity contribution >= 4 is 27.2 Å². The first-order chi connectivity index (χ1) is 11.3. The van der Waals surface area contributed by atoms with Gasteiger partial charge in [-0.3, -0.25) is 0 Å². The highest BCUT2D eigenvalue weighted by molar-refractivity contribution is 7.91. The number of carbonyl (C=O) groups is 1. The molecule has 0 radical (unpaired) electrons. The zero-order chi connectivity index (χ0) is 17.7. The number of sulfone groups is 1. The topological polar surface area (TPSA) is 122 Å². The Bertz CT molecular complexity index is 832. The van der Waals surface area contributed by atoms with Gasteiger partial charge in [-0.25, -0.2) is 13.2 Å². The Morgan fingerprint density at radius 2 is 1.67 bits per heavy atom. The number of anilines is 2. The van der Waals surface area contributed by atoms with Gasteiger partial charge in [0.15, 0.2) is 6.61 Å². The largest absolute Gasteiger partial charge is 0.480 e. The third kappa shape index (κ3) is 3.96. The molecule has 24 heavy (non-hydrogen) atoms. The quantitative estimate of drug-likeness (QED) is 0.599. The Morgan fingerprint density at radius 3 is 2.29 bits per heavy atom. The molecule has 0 aliphatic heterocycles. The van der Waals surface area contributed by atoms with E-state index in [1.807, 2.05) is 0 Å². The summed E-state index contributed by atoms with van der Waals surface area (Å²) in [6.07, 6.45) is 0. The molecule has 0 saturated carbocycles. The lowest BCUT2D eigenvalue weighted by Gasteiger charge is -2.12. The SMILES string of the molecule is CCOC(=O)COc1cc(N)ccc1S(=O)(=O)c1ccc(N)cc1. The Labute approximate surface area is 140 Å². The van der Waals surface area contributed by atoms with Crippen LogP contribution in [0.15, 0.2) is 52.3 Å². The number of ether oxygens (including phenoxy) is 2. The van der Waals surface area contributed by atoms with E-state index in [9.17, 15) is 13.2 Å². The van der Waals surface area contributed by atoms with Gasteiger partial charge in [-0.1, -0.05) is 0 Å². The van der Waals surface area contributed by atoms with Crippen molar-refractivity contribution in [2.45, 2.75) is 16.7 Å². The molecule has 0 aliphatic rings. The summed E-state index contributed by atoms with van der Waals surface area (Å²) in [7, 11) is -3.85. The van der Waals surface area contributed by atoms with E-state index in [4.69, 9.17) is 20.9 Å². The molecule has 0 fully saturated rings. The number of hydrogen-bond acceptors (Lipinski definition) is 7. The van der Waals surface area contributed by atoms with E-state index in [-0.39, 0.29) is 22.1 Å². The second-order valence-corrected chi connectivity index (χ2v) is 6.79. The Kier molecular flexibility index (Phi) is 5.30. The third-order valence-corrected chi connectivity index (χ3v) is 4.91. The molecule has 0 aromatic heterocycles. The predicted molar refractivity (Wildman–Crippen MR) is 89.3 cm³/mol. The zero-order valence-corrected chi connectivity index (χ0v) is 13.9. The van der Waals surface area contributed by atoms with Crippen molar-refractivity contribution in [2.75, 3.05) is 24.7 Å². The van der Waals surface area contributed by atoms with Crippen molar-refractivity contribution < 1.29 is 22.7 Å². The van der Waals surface area contributed by atoms with Gasteiger partial charge < -0.3 is 20.9 Å². The highest BCUT2D eigenvalue weighted by Gasteiger charge is 2.23. The van der Waals surface area contributed by atoms with E-state index in [1.165, 1.54) is 42.5 Å². The van der Waals surface area contributed by atoms with Gasteiger partial charge in [0.25, 0.3) is 0 Å². The normalized spacial score (nSPS) is 11.0. The van der Waals surface area contributed by atoms with E-state index in [0.29, 0.717) is 11.4 Å². The smallest absolute Gasteiger partial charge is 0.344 e. The average Bonchev–Trinajstić information content (AvgIpc) is 2.53. The van der Waals surface area contributed by atoms with Gasteiger partial charge >= 0.3 is 5.97 Å². The monoisotopic (exact) mass is 350 g/mol. The van der Waals surface area contributed by atoms with Crippen LogP contribution >= 0.6 is 0 Å². The summed E-state index contributed by atoms with van der Waals surface area (Å²) in [5.74, 6) is -0.615. The third-order valence-electron chi connectivity index (χ3n) is 3.10. The van der Waals surface area contributed by atoms with Crippen LogP contribution in [0.3, 0.4) is 0 Å². The standard InChI is InChI=1S/C16H18N2O5S/c1-2-22-16(19)10-23-14-9-12(18)5-8-15(14)24(20,21)13-6-3-11(17)4-7-13/h3-9H,2,10,17-18H2,1H3. The summed E-state index contributed by atoms with van der Waals surface area (Å²) in [6.45, 7) is 1.45. The number of nitrogens with two attached hydrogens (primary N) is 2. The van der Waals surface area contributed by atoms with Gasteiger partial charge in [-0.05, 0) is 43.3 Å². The zero-order valence-electron chi connectivity index (χ0n) is 13.1. The lowest BCUT2D eigenvalue weighted by Crippen LogP contribution is -2.16. The van der Waals surface area contributed by atoms with Crippen LogP contribution in [0.5, 0.6) is 5.75 Å². The fourth-order valence-corrected chi connectivity index (χ4v) is 3.35. The summed E-state index contributed by atoms with van der Waals surface area (Å²) in [6, 6.07) is 9.91. The van der Waals surface area contributed by atoms with E-state index in [1.54, 1.807) is 6.92 Å². The van der Waals surface area contributed by atoms with Crippen molar-refractivity contribution in [3.05, 3.63) is 42.5 Å². The van der Waals surface area contributed by atoms with Gasteiger partial charge in [0, 0.05) is 17.4 Å². The van der Waals surface area contributed by atoms with Crippen LogP contribution < -0.4 is 16.2 Å². The molecule has 7 nitrogen and oxygen atoms in total. The van der Waals surface area contributed by atoms with E-state index >= 15 is 0 Å². The van der Waals surface area contributed by atoms with E-state index < -0.39 is 22.4 Å². The molecule has 0 spiro atoms. The maximum Gasteiger partial charge on any atom is 0.344 e. The van der Waals surface area contributed by atoms with Crippen LogP contribution in [0.25, 0.3) is 0 Å². The van der Waals surface area contributed by atoms with Crippen LogP contribution in [0.2, 0.25) is 0 Å². The lowest BCUT2D eigenvalue weighted by atomic mass is 10.3. The molecule has 2 rings (SSSR count). The summed E-state index contributed by atoms with van der Waals surface area (Å²) in [5, 5.41) is 0. The molecule has 2 aromatic carbocycles. The maximum absolute atomic E-state index is 12.8. The number of esters is 1. The molecule has 128 valence electrons. The van der Waals surface area contributed by atoms with E-state index in [2.05, 4.69) is 0 Å². The van der Waals surface area contributed by atoms with Crippen molar-refractivity contribution in [1.82, 2.24) is 0 Å². The van der Waals surface area contributed by atoms with Crippen LogP contribution in [-0.2, 0) is 19.4 Å². The molecule has 2 aromatic rings. The Balaban J connectivity index is 2.38. The highest BCUT2D eigenvalue weighted by atomic mass is 32.2. The molecule has 0 atom stereocenters. The second kappa shape index (κ2) is 7.22. The van der Waals surface area contributed by atoms with Crippen LogP contribution in [0, 0.1) is 0 Å².